The highest BCUT2D eigenvalue weighted by Gasteiger charge is 2.11. The fourth-order valence-electron chi connectivity index (χ4n) is 1.60. The monoisotopic (exact) mass is 236 g/mol. The van der Waals surface area contributed by atoms with E-state index in [1.54, 1.807) is 0 Å². The molecular weight excluding hydrogens is 216 g/mol. The molecule has 4 nitrogen and oxygen atoms in total. The summed E-state index contributed by atoms with van der Waals surface area (Å²) in [5.74, 6) is 0.542. The maximum Gasteiger partial charge on any atom is 0.219 e. The van der Waals surface area contributed by atoms with Gasteiger partial charge in [0.25, 0.3) is 0 Å². The zero-order chi connectivity index (χ0) is 12.7. The van der Waals surface area contributed by atoms with Crippen LogP contribution in [0.2, 0.25) is 0 Å². The Morgan fingerprint density at radius 3 is 2.53 bits per heavy atom. The quantitative estimate of drug-likeness (QED) is 0.756. The number of carbonyl (C=O) groups is 1. The lowest BCUT2D eigenvalue weighted by molar-refractivity contribution is -0.118. The van der Waals surface area contributed by atoms with Crippen LogP contribution in [0.15, 0.2) is 24.3 Å². The highest BCUT2D eigenvalue weighted by molar-refractivity contribution is 5.74. The minimum absolute atomic E-state index is 0.0345. The number of nitrogens with one attached hydrogen (secondary N) is 1. The molecule has 1 aromatic carbocycles. The number of hydrogen-bond donors (Lipinski definition) is 2. The Hall–Kier alpha value is -1.55. The van der Waals surface area contributed by atoms with Gasteiger partial charge in [0.05, 0.1) is 6.61 Å². The summed E-state index contributed by atoms with van der Waals surface area (Å²) in [6, 6.07) is 7.70. The lowest BCUT2D eigenvalue weighted by Gasteiger charge is -2.15. The summed E-state index contributed by atoms with van der Waals surface area (Å²) in [6.07, 6.45) is 1.29. The smallest absolute Gasteiger partial charge is 0.219 e. The van der Waals surface area contributed by atoms with Gasteiger partial charge >= 0.3 is 0 Å². The molecule has 3 N–H and O–H groups in total. The molecule has 17 heavy (non-hydrogen) atoms. The van der Waals surface area contributed by atoms with Crippen LogP contribution in [0.5, 0.6) is 5.75 Å². The van der Waals surface area contributed by atoms with Crippen molar-refractivity contribution in [2.75, 3.05) is 13.7 Å². The third-order valence-corrected chi connectivity index (χ3v) is 2.51. The molecule has 0 heterocycles. The highest BCUT2D eigenvalue weighted by atomic mass is 16.5. The molecule has 0 bridgehead atoms. The molecule has 0 aromatic heterocycles. The minimum atomic E-state index is -0.310. The van der Waals surface area contributed by atoms with Gasteiger partial charge in [-0.2, -0.15) is 0 Å². The van der Waals surface area contributed by atoms with E-state index in [0.29, 0.717) is 6.42 Å². The van der Waals surface area contributed by atoms with E-state index < -0.39 is 0 Å². The summed E-state index contributed by atoms with van der Waals surface area (Å²) < 4.78 is 5.49. The van der Waals surface area contributed by atoms with Gasteiger partial charge in [-0.1, -0.05) is 19.1 Å². The van der Waals surface area contributed by atoms with Gasteiger partial charge in [-0.25, -0.2) is 0 Å². The van der Waals surface area contributed by atoms with Gasteiger partial charge in [0.1, 0.15) is 5.75 Å². The van der Waals surface area contributed by atoms with Crippen molar-refractivity contribution in [3.63, 3.8) is 0 Å². The number of ether oxygens (including phenoxy) is 1. The summed E-state index contributed by atoms with van der Waals surface area (Å²) in [5.41, 5.74) is 6.24. The van der Waals surface area contributed by atoms with E-state index in [1.165, 1.54) is 0 Å². The molecule has 1 aromatic rings. The Morgan fingerprint density at radius 2 is 2.06 bits per heavy atom. The second-order valence-corrected chi connectivity index (χ2v) is 3.93. The van der Waals surface area contributed by atoms with Crippen molar-refractivity contribution in [3.8, 4) is 5.75 Å². The first-order valence-electron chi connectivity index (χ1n) is 5.85. The van der Waals surface area contributed by atoms with Gasteiger partial charge in [0.15, 0.2) is 0 Å². The number of nitrogens with two attached hydrogens (primary N) is 1. The number of benzene rings is 1. The van der Waals surface area contributed by atoms with Crippen LogP contribution in [0, 0.1) is 0 Å². The van der Waals surface area contributed by atoms with Gasteiger partial charge in [-0.15, -0.1) is 0 Å². The molecule has 0 aliphatic heterocycles. The Labute approximate surface area is 102 Å². The normalized spacial score (nSPS) is 12.1. The number of carbonyl (C=O) groups excluding carboxylic acids is 1. The van der Waals surface area contributed by atoms with E-state index in [-0.39, 0.29) is 11.9 Å². The van der Waals surface area contributed by atoms with Crippen molar-refractivity contribution in [2.45, 2.75) is 25.8 Å². The van der Waals surface area contributed by atoms with Crippen molar-refractivity contribution >= 4 is 5.91 Å². The second kappa shape index (κ2) is 6.91. The molecule has 0 aliphatic rings. The van der Waals surface area contributed by atoms with Crippen LogP contribution in [0.1, 0.15) is 31.4 Å². The van der Waals surface area contributed by atoms with Crippen LogP contribution in [0.25, 0.3) is 0 Å². The van der Waals surface area contributed by atoms with Crippen molar-refractivity contribution in [3.05, 3.63) is 29.8 Å². The maximum atomic E-state index is 10.9. The molecule has 1 atom stereocenters. The van der Waals surface area contributed by atoms with E-state index >= 15 is 0 Å². The first-order valence-corrected chi connectivity index (χ1v) is 5.85. The van der Waals surface area contributed by atoms with E-state index in [9.17, 15) is 4.79 Å². The van der Waals surface area contributed by atoms with E-state index in [2.05, 4.69) is 12.2 Å². The minimum Gasteiger partial charge on any atom is -0.494 e. The van der Waals surface area contributed by atoms with Gasteiger partial charge < -0.3 is 15.8 Å². The standard InChI is InChI=1S/C13H20N2O2/c1-3-8-17-11-6-4-10(5-7-11)12(15-2)9-13(14)16/h4-7,12,15H,3,8-9H2,1-2H3,(H2,14,16). The van der Waals surface area contributed by atoms with Crippen molar-refractivity contribution < 1.29 is 9.53 Å². The fourth-order valence-corrected chi connectivity index (χ4v) is 1.60. The lowest BCUT2D eigenvalue weighted by atomic mass is 10.0. The molecule has 0 aliphatic carbocycles. The Kier molecular flexibility index (Phi) is 5.49. The highest BCUT2D eigenvalue weighted by Crippen LogP contribution is 2.19. The largest absolute Gasteiger partial charge is 0.494 e. The van der Waals surface area contributed by atoms with Gasteiger partial charge in [0.2, 0.25) is 5.91 Å². The fraction of sp³-hybridized carbons (Fsp3) is 0.462. The predicted molar refractivity (Wildman–Crippen MR) is 67.8 cm³/mol. The molecule has 0 saturated carbocycles. The number of amides is 1. The molecule has 94 valence electrons. The molecule has 0 spiro atoms. The van der Waals surface area contributed by atoms with Gasteiger partial charge in [0, 0.05) is 12.5 Å². The van der Waals surface area contributed by atoms with E-state index in [4.69, 9.17) is 10.5 Å². The van der Waals surface area contributed by atoms with Crippen LogP contribution < -0.4 is 15.8 Å². The molecule has 4 heteroatoms. The van der Waals surface area contributed by atoms with E-state index in [1.807, 2.05) is 31.3 Å². The number of rotatable bonds is 7. The van der Waals surface area contributed by atoms with Crippen LogP contribution >= 0.6 is 0 Å². The van der Waals surface area contributed by atoms with Crippen LogP contribution in [-0.4, -0.2) is 19.6 Å². The Bertz CT molecular complexity index is 349. The first kappa shape index (κ1) is 13.5. The zero-order valence-corrected chi connectivity index (χ0v) is 10.4. The molecule has 1 amide bonds. The molecule has 0 radical (unpaired) electrons. The first-order chi connectivity index (χ1) is 8.17. The average molecular weight is 236 g/mol. The summed E-state index contributed by atoms with van der Waals surface area (Å²) in [7, 11) is 1.81. The molecule has 0 saturated heterocycles. The summed E-state index contributed by atoms with van der Waals surface area (Å²) >= 11 is 0. The number of primary amides is 1. The molecule has 1 unspecified atom stereocenters. The molecule has 0 fully saturated rings. The van der Waals surface area contributed by atoms with Crippen LogP contribution in [0.4, 0.5) is 0 Å². The topological polar surface area (TPSA) is 64.3 Å². The lowest BCUT2D eigenvalue weighted by Crippen LogP contribution is -2.23. The predicted octanol–water partition coefficient (Wildman–Crippen LogP) is 1.61. The Balaban J connectivity index is 2.67. The van der Waals surface area contributed by atoms with Crippen molar-refractivity contribution in [1.29, 1.82) is 0 Å². The van der Waals surface area contributed by atoms with Crippen LogP contribution in [-0.2, 0) is 4.79 Å². The zero-order valence-electron chi connectivity index (χ0n) is 10.4. The Morgan fingerprint density at radius 1 is 1.41 bits per heavy atom. The molecular formula is C13H20N2O2. The summed E-state index contributed by atoms with van der Waals surface area (Å²) in [4.78, 5) is 10.9. The third kappa shape index (κ3) is 4.44. The summed E-state index contributed by atoms with van der Waals surface area (Å²) in [6.45, 7) is 2.79. The molecule has 1 rings (SSSR count). The van der Waals surface area contributed by atoms with Gasteiger partial charge in [-0.3, -0.25) is 4.79 Å². The SMILES string of the molecule is CCCOc1ccc(C(CC(N)=O)NC)cc1. The average Bonchev–Trinajstić information content (AvgIpc) is 2.34. The summed E-state index contributed by atoms with van der Waals surface area (Å²) in [5, 5.41) is 3.07. The number of hydrogen-bond acceptors (Lipinski definition) is 3. The second-order valence-electron chi connectivity index (χ2n) is 3.93. The van der Waals surface area contributed by atoms with Crippen molar-refractivity contribution in [2.24, 2.45) is 5.73 Å². The third-order valence-electron chi connectivity index (χ3n) is 2.51. The maximum absolute atomic E-state index is 10.9. The van der Waals surface area contributed by atoms with E-state index in [0.717, 1.165) is 24.3 Å². The van der Waals surface area contributed by atoms with Gasteiger partial charge in [-0.05, 0) is 31.2 Å². The van der Waals surface area contributed by atoms with Crippen LogP contribution in [0.3, 0.4) is 0 Å². The van der Waals surface area contributed by atoms with Crippen molar-refractivity contribution in [1.82, 2.24) is 5.32 Å².